The molecule has 0 atom stereocenters. The first kappa shape index (κ1) is 18.1. The van der Waals surface area contributed by atoms with Crippen LogP contribution in [-0.2, 0) is 13.1 Å². The molecule has 0 aliphatic heterocycles. The Bertz CT molecular complexity index is 705. The van der Waals surface area contributed by atoms with Gasteiger partial charge in [0.05, 0.1) is 19.4 Å². The third-order valence-electron chi connectivity index (χ3n) is 4.16. The molecule has 5 nitrogen and oxygen atoms in total. The van der Waals surface area contributed by atoms with Crippen LogP contribution in [0.25, 0.3) is 5.70 Å². The van der Waals surface area contributed by atoms with E-state index in [-0.39, 0.29) is 0 Å². The smallest absolute Gasteiger partial charge is 0.124 e. The number of ether oxygens (including phenoxy) is 1. The summed E-state index contributed by atoms with van der Waals surface area (Å²) in [5.74, 6) is 0.842. The molecule has 0 amide bonds. The van der Waals surface area contributed by atoms with Crippen molar-refractivity contribution in [3.8, 4) is 5.75 Å². The highest BCUT2D eigenvalue weighted by Crippen LogP contribution is 2.23. The fourth-order valence-corrected chi connectivity index (χ4v) is 2.76. The van der Waals surface area contributed by atoms with Crippen LogP contribution in [0.1, 0.15) is 35.7 Å². The van der Waals surface area contributed by atoms with Gasteiger partial charge in [-0.05, 0) is 30.5 Å². The number of hydrogen-bond donors (Lipinski definition) is 1. The predicted molar refractivity (Wildman–Crippen MR) is 98.9 cm³/mol. The second kappa shape index (κ2) is 8.02. The topological polar surface area (TPSA) is 56.3 Å². The molecule has 0 radical (unpaired) electrons. The fourth-order valence-electron chi connectivity index (χ4n) is 2.76. The normalized spacial score (nSPS) is 10.7. The summed E-state index contributed by atoms with van der Waals surface area (Å²) in [7, 11) is 3.74. The number of methoxy groups -OCH3 is 1. The first-order valence-electron chi connectivity index (χ1n) is 8.30. The van der Waals surface area contributed by atoms with Crippen molar-refractivity contribution in [1.29, 1.82) is 0 Å². The van der Waals surface area contributed by atoms with Crippen LogP contribution in [0, 0.1) is 6.92 Å². The molecule has 0 unspecified atom stereocenters. The third-order valence-corrected chi connectivity index (χ3v) is 4.16. The van der Waals surface area contributed by atoms with Crippen LogP contribution in [0.4, 0.5) is 0 Å². The molecule has 2 aromatic rings. The first-order valence-corrected chi connectivity index (χ1v) is 8.30. The van der Waals surface area contributed by atoms with E-state index in [0.717, 1.165) is 46.8 Å². The molecule has 24 heavy (non-hydrogen) atoms. The summed E-state index contributed by atoms with van der Waals surface area (Å²) in [6.07, 6.45) is 3.14. The molecule has 0 fully saturated rings. The van der Waals surface area contributed by atoms with E-state index in [0.29, 0.717) is 13.1 Å². The van der Waals surface area contributed by atoms with Crippen LogP contribution in [0.15, 0.2) is 31.0 Å². The zero-order chi connectivity index (χ0) is 17.7. The maximum atomic E-state index is 5.70. The minimum absolute atomic E-state index is 0.505. The van der Waals surface area contributed by atoms with Crippen LogP contribution in [0.5, 0.6) is 5.75 Å². The quantitative estimate of drug-likeness (QED) is 0.809. The van der Waals surface area contributed by atoms with Gasteiger partial charge in [-0.25, -0.2) is 0 Å². The summed E-state index contributed by atoms with van der Waals surface area (Å²) < 4.78 is 7.43. The highest BCUT2D eigenvalue weighted by molar-refractivity contribution is 5.60. The average Bonchev–Trinajstić information content (AvgIpc) is 2.95. The molecule has 1 aromatic heterocycles. The second-order valence-corrected chi connectivity index (χ2v) is 6.08. The Morgan fingerprint density at radius 1 is 1.42 bits per heavy atom. The van der Waals surface area contributed by atoms with Crippen molar-refractivity contribution >= 4 is 5.70 Å². The van der Waals surface area contributed by atoms with Gasteiger partial charge in [0.25, 0.3) is 0 Å². The fraction of sp³-hybridized carbons (Fsp3) is 0.421. The van der Waals surface area contributed by atoms with Crippen molar-refractivity contribution in [1.82, 2.24) is 14.7 Å². The number of rotatable bonds is 8. The molecule has 2 rings (SSSR count). The summed E-state index contributed by atoms with van der Waals surface area (Å²) in [5.41, 5.74) is 10.9. The lowest BCUT2D eigenvalue weighted by molar-refractivity contribution is 0.406. The van der Waals surface area contributed by atoms with E-state index in [4.69, 9.17) is 15.6 Å². The molecule has 1 aromatic carbocycles. The van der Waals surface area contributed by atoms with Crippen LogP contribution >= 0.6 is 0 Å². The van der Waals surface area contributed by atoms with Crippen molar-refractivity contribution in [3.05, 3.63) is 53.4 Å². The number of nitrogens with zero attached hydrogens (tertiary/aromatic N) is 3. The molecular weight excluding hydrogens is 300 g/mol. The van der Waals surface area contributed by atoms with E-state index < -0.39 is 0 Å². The summed E-state index contributed by atoms with van der Waals surface area (Å²) in [6.45, 7) is 10.5. The van der Waals surface area contributed by atoms with Crippen LogP contribution in [-0.4, -0.2) is 35.4 Å². The van der Waals surface area contributed by atoms with Gasteiger partial charge in [-0.2, -0.15) is 5.10 Å². The highest BCUT2D eigenvalue weighted by atomic mass is 16.5. The Hall–Kier alpha value is -2.27. The van der Waals surface area contributed by atoms with E-state index in [9.17, 15) is 0 Å². The van der Waals surface area contributed by atoms with E-state index in [1.54, 1.807) is 7.11 Å². The van der Waals surface area contributed by atoms with Gasteiger partial charge in [0.15, 0.2) is 0 Å². The zero-order valence-electron chi connectivity index (χ0n) is 15.2. The van der Waals surface area contributed by atoms with Gasteiger partial charge in [0.1, 0.15) is 11.4 Å². The molecule has 0 bridgehead atoms. The monoisotopic (exact) mass is 328 g/mol. The van der Waals surface area contributed by atoms with Crippen molar-refractivity contribution < 1.29 is 4.74 Å². The van der Waals surface area contributed by atoms with Gasteiger partial charge < -0.3 is 15.4 Å². The minimum Gasteiger partial charge on any atom is -0.496 e. The van der Waals surface area contributed by atoms with Gasteiger partial charge >= 0.3 is 0 Å². The average molecular weight is 328 g/mol. The Labute approximate surface area is 144 Å². The van der Waals surface area contributed by atoms with Gasteiger partial charge in [0.2, 0.25) is 0 Å². The molecule has 0 aliphatic carbocycles. The number of nitrogens with two attached hydrogens (primary N) is 1. The molecular formula is C19H28N4O. The first-order chi connectivity index (χ1) is 11.5. The number of aryl methyl sites for hydroxylation is 1. The molecule has 130 valence electrons. The Kier molecular flexibility index (Phi) is 6.04. The Morgan fingerprint density at radius 2 is 2.17 bits per heavy atom. The van der Waals surface area contributed by atoms with Crippen LogP contribution in [0.2, 0.25) is 0 Å². The van der Waals surface area contributed by atoms with E-state index in [2.05, 4.69) is 44.6 Å². The van der Waals surface area contributed by atoms with Crippen LogP contribution in [0.3, 0.4) is 0 Å². The predicted octanol–water partition coefficient (Wildman–Crippen LogP) is 3.02. The van der Waals surface area contributed by atoms with Gasteiger partial charge in [-0.3, -0.25) is 4.68 Å². The summed E-state index contributed by atoms with van der Waals surface area (Å²) in [6, 6.07) is 6.07. The zero-order valence-corrected chi connectivity index (χ0v) is 15.2. The van der Waals surface area contributed by atoms with E-state index >= 15 is 0 Å². The summed E-state index contributed by atoms with van der Waals surface area (Å²) in [4.78, 5) is 2.15. The molecule has 2 N–H and O–H groups in total. The number of hydrogen-bond acceptors (Lipinski definition) is 4. The third kappa shape index (κ3) is 3.97. The lowest BCUT2D eigenvalue weighted by Gasteiger charge is -2.19. The van der Waals surface area contributed by atoms with Gasteiger partial charge in [-0.1, -0.05) is 25.6 Å². The lowest BCUT2D eigenvalue weighted by atomic mass is 10.1. The summed E-state index contributed by atoms with van der Waals surface area (Å²) in [5, 5.41) is 4.72. The highest BCUT2D eigenvalue weighted by Gasteiger charge is 2.13. The maximum absolute atomic E-state index is 5.70. The SMILES string of the molecule is C=C(c1nn(Cc2ccc(CN)cc2OC)cc1C)N(C)CCC. The minimum atomic E-state index is 0.505. The molecule has 0 saturated heterocycles. The number of aromatic nitrogens is 2. The molecule has 0 saturated carbocycles. The number of benzene rings is 1. The van der Waals surface area contributed by atoms with Crippen molar-refractivity contribution in [2.45, 2.75) is 33.4 Å². The van der Waals surface area contributed by atoms with Gasteiger partial charge in [-0.15, -0.1) is 0 Å². The standard InChI is InChI=1S/C19H28N4O/c1-6-9-22(4)15(3)19-14(2)12-23(21-19)13-17-8-7-16(11-20)10-18(17)24-5/h7-8,10,12H,3,6,9,11,13,20H2,1-2,4-5H3. The maximum Gasteiger partial charge on any atom is 0.124 e. The largest absolute Gasteiger partial charge is 0.496 e. The molecule has 1 heterocycles. The van der Waals surface area contributed by atoms with Crippen LogP contribution < -0.4 is 10.5 Å². The lowest BCUT2D eigenvalue weighted by Crippen LogP contribution is -2.17. The van der Waals surface area contributed by atoms with Crippen molar-refractivity contribution in [2.24, 2.45) is 5.73 Å². The van der Waals surface area contributed by atoms with E-state index in [1.165, 1.54) is 0 Å². The summed E-state index contributed by atoms with van der Waals surface area (Å²) >= 11 is 0. The Balaban J connectivity index is 2.23. The molecule has 0 aliphatic rings. The Morgan fingerprint density at radius 3 is 2.79 bits per heavy atom. The van der Waals surface area contributed by atoms with Crippen molar-refractivity contribution in [3.63, 3.8) is 0 Å². The second-order valence-electron chi connectivity index (χ2n) is 6.08. The molecule has 5 heteroatoms. The van der Waals surface area contributed by atoms with Gasteiger partial charge in [0, 0.05) is 31.9 Å². The van der Waals surface area contributed by atoms with E-state index in [1.807, 2.05) is 16.8 Å². The molecule has 0 spiro atoms. The van der Waals surface area contributed by atoms with Crippen molar-refractivity contribution in [2.75, 3.05) is 20.7 Å².